The zero-order valence-corrected chi connectivity index (χ0v) is 14.6. The summed E-state index contributed by atoms with van der Waals surface area (Å²) in [5, 5.41) is 8.61. The summed E-state index contributed by atoms with van der Waals surface area (Å²) >= 11 is 1.45. The Balaban J connectivity index is 0.00000100. The molecule has 0 bridgehead atoms. The van der Waals surface area contributed by atoms with Gasteiger partial charge < -0.3 is 15.0 Å². The Bertz CT molecular complexity index is 901. The van der Waals surface area contributed by atoms with Crippen LogP contribution in [0.25, 0.3) is 10.9 Å². The molecule has 0 radical (unpaired) electrons. The Morgan fingerprint density at radius 1 is 1.29 bits per heavy atom. The molecule has 0 fully saturated rings. The number of benzene rings is 1. The number of carbonyl (C=O) groups excluding carboxylic acids is 1. The number of aromatic amines is 1. The summed E-state index contributed by atoms with van der Waals surface area (Å²) in [6, 6.07) is 9.44. The molecule has 3 rings (SSSR count). The SMILES string of the molecule is CO.Cc1nc2ccc(CN(C)c3ccc(C=O)s3)cc2c(=O)[nH]1. The first kappa shape index (κ1) is 17.8. The molecule has 0 amide bonds. The van der Waals surface area contributed by atoms with Crippen molar-refractivity contribution in [3.63, 3.8) is 0 Å². The lowest BCUT2D eigenvalue weighted by Crippen LogP contribution is -2.16. The van der Waals surface area contributed by atoms with E-state index in [9.17, 15) is 9.59 Å². The highest BCUT2D eigenvalue weighted by Gasteiger charge is 2.08. The predicted molar refractivity (Wildman–Crippen MR) is 97.1 cm³/mol. The number of fused-ring (bicyclic) bond motifs is 1. The summed E-state index contributed by atoms with van der Waals surface area (Å²) in [6.07, 6.45) is 0.853. The van der Waals surface area contributed by atoms with E-state index in [0.29, 0.717) is 28.1 Å². The summed E-state index contributed by atoms with van der Waals surface area (Å²) in [5.41, 5.74) is 1.60. The van der Waals surface area contributed by atoms with E-state index in [1.807, 2.05) is 31.3 Å². The molecule has 0 atom stereocenters. The normalized spacial score (nSPS) is 10.2. The number of aromatic nitrogens is 2. The van der Waals surface area contributed by atoms with Crippen LogP contribution >= 0.6 is 11.3 Å². The van der Waals surface area contributed by atoms with Gasteiger partial charge in [0.15, 0.2) is 6.29 Å². The zero-order valence-electron chi connectivity index (χ0n) is 13.7. The lowest BCUT2D eigenvalue weighted by atomic mass is 10.1. The maximum absolute atomic E-state index is 12.0. The van der Waals surface area contributed by atoms with Gasteiger partial charge in [-0.15, -0.1) is 11.3 Å². The van der Waals surface area contributed by atoms with Crippen LogP contribution in [0, 0.1) is 6.92 Å². The van der Waals surface area contributed by atoms with Gasteiger partial charge in [0.1, 0.15) is 5.82 Å². The van der Waals surface area contributed by atoms with Gasteiger partial charge in [0.05, 0.1) is 20.8 Å². The highest BCUT2D eigenvalue weighted by atomic mass is 32.1. The molecular weight excluding hydrogens is 326 g/mol. The van der Waals surface area contributed by atoms with Crippen molar-refractivity contribution in [3.05, 3.63) is 57.0 Å². The average molecular weight is 345 g/mol. The van der Waals surface area contributed by atoms with Gasteiger partial charge in [-0.2, -0.15) is 0 Å². The van der Waals surface area contributed by atoms with Crippen LogP contribution in [0.5, 0.6) is 0 Å². The Hall–Kier alpha value is -2.51. The van der Waals surface area contributed by atoms with E-state index < -0.39 is 0 Å². The maximum atomic E-state index is 12.0. The van der Waals surface area contributed by atoms with Crippen LogP contribution < -0.4 is 10.5 Å². The highest BCUT2D eigenvalue weighted by molar-refractivity contribution is 7.17. The summed E-state index contributed by atoms with van der Waals surface area (Å²) < 4.78 is 0. The lowest BCUT2D eigenvalue weighted by Gasteiger charge is -2.17. The Labute approximate surface area is 143 Å². The van der Waals surface area contributed by atoms with E-state index >= 15 is 0 Å². The molecule has 0 saturated carbocycles. The number of H-pyrrole nitrogens is 1. The number of hydrogen-bond donors (Lipinski definition) is 2. The minimum absolute atomic E-state index is 0.119. The fourth-order valence-electron chi connectivity index (χ4n) is 2.36. The molecule has 6 nitrogen and oxygen atoms in total. The summed E-state index contributed by atoms with van der Waals surface area (Å²) in [6.45, 7) is 2.42. The average Bonchev–Trinajstić information content (AvgIpc) is 3.06. The van der Waals surface area contributed by atoms with Crippen molar-refractivity contribution in [1.29, 1.82) is 0 Å². The summed E-state index contributed by atoms with van der Waals surface area (Å²) in [7, 11) is 2.96. The number of aliphatic hydroxyl groups excluding tert-OH is 1. The van der Waals surface area contributed by atoms with Crippen LogP contribution in [-0.4, -0.2) is 35.5 Å². The van der Waals surface area contributed by atoms with Gasteiger partial charge >= 0.3 is 0 Å². The van der Waals surface area contributed by atoms with E-state index in [4.69, 9.17) is 5.11 Å². The second kappa shape index (κ2) is 7.85. The van der Waals surface area contributed by atoms with Crippen LogP contribution in [0.1, 0.15) is 21.1 Å². The third-order valence-electron chi connectivity index (χ3n) is 3.41. The van der Waals surface area contributed by atoms with Crippen LogP contribution in [0.2, 0.25) is 0 Å². The largest absolute Gasteiger partial charge is 0.400 e. The van der Waals surface area contributed by atoms with E-state index in [0.717, 1.165) is 24.0 Å². The first-order valence-corrected chi connectivity index (χ1v) is 8.09. The minimum atomic E-state index is -0.119. The van der Waals surface area contributed by atoms with Crippen molar-refractivity contribution >= 4 is 33.5 Å². The molecule has 1 aromatic carbocycles. The molecule has 0 aliphatic heterocycles. The highest BCUT2D eigenvalue weighted by Crippen LogP contribution is 2.25. The second-order valence-corrected chi connectivity index (χ2v) is 6.25. The van der Waals surface area contributed by atoms with Crippen molar-refractivity contribution in [3.8, 4) is 0 Å². The number of aliphatic hydroxyl groups is 1. The van der Waals surface area contributed by atoms with Crippen LogP contribution in [0.15, 0.2) is 35.1 Å². The first-order valence-electron chi connectivity index (χ1n) is 7.27. The van der Waals surface area contributed by atoms with Crippen LogP contribution in [-0.2, 0) is 6.54 Å². The number of nitrogens with one attached hydrogen (secondary N) is 1. The van der Waals surface area contributed by atoms with Crippen molar-refractivity contribution in [2.24, 2.45) is 0 Å². The molecule has 24 heavy (non-hydrogen) atoms. The Kier molecular flexibility index (Phi) is 5.83. The van der Waals surface area contributed by atoms with Crippen molar-refractivity contribution in [1.82, 2.24) is 9.97 Å². The fourth-order valence-corrected chi connectivity index (χ4v) is 3.15. The van der Waals surface area contributed by atoms with Gasteiger partial charge in [0.25, 0.3) is 5.56 Å². The number of rotatable bonds is 4. The van der Waals surface area contributed by atoms with Crippen molar-refractivity contribution in [2.45, 2.75) is 13.5 Å². The van der Waals surface area contributed by atoms with Crippen molar-refractivity contribution < 1.29 is 9.90 Å². The standard InChI is InChI=1S/C16H15N3O2S.CH4O/c1-10-17-14-5-3-11(7-13(14)16(21)18-10)8-19(2)15-6-4-12(9-20)22-15;1-2/h3-7,9H,8H2,1-2H3,(H,17,18,21);2H,1H3. The van der Waals surface area contributed by atoms with E-state index in [-0.39, 0.29) is 5.56 Å². The molecule has 0 unspecified atom stereocenters. The topological polar surface area (TPSA) is 86.3 Å². The van der Waals surface area contributed by atoms with E-state index in [1.165, 1.54) is 11.3 Å². The van der Waals surface area contributed by atoms with E-state index in [2.05, 4.69) is 14.9 Å². The Morgan fingerprint density at radius 3 is 2.71 bits per heavy atom. The molecule has 2 aromatic heterocycles. The summed E-state index contributed by atoms with van der Waals surface area (Å²) in [4.78, 5) is 32.6. The smallest absolute Gasteiger partial charge is 0.258 e. The zero-order chi connectivity index (χ0) is 17.7. The van der Waals surface area contributed by atoms with Gasteiger partial charge in [-0.25, -0.2) is 4.98 Å². The number of anilines is 1. The molecule has 7 heteroatoms. The fraction of sp³-hybridized carbons (Fsp3) is 0.235. The molecule has 2 heterocycles. The van der Waals surface area contributed by atoms with E-state index in [1.54, 1.807) is 13.0 Å². The number of nitrogens with zero attached hydrogens (tertiary/aromatic N) is 2. The molecular formula is C17H19N3O3S. The Morgan fingerprint density at radius 2 is 2.04 bits per heavy atom. The van der Waals surface area contributed by atoms with Crippen LogP contribution in [0.3, 0.4) is 0 Å². The monoisotopic (exact) mass is 345 g/mol. The third-order valence-corrected chi connectivity index (χ3v) is 4.54. The van der Waals surface area contributed by atoms with Crippen LogP contribution in [0.4, 0.5) is 5.00 Å². The number of hydrogen-bond acceptors (Lipinski definition) is 6. The number of thiophene rings is 1. The van der Waals surface area contributed by atoms with Gasteiger partial charge in [0, 0.05) is 20.7 Å². The molecule has 0 saturated heterocycles. The molecule has 3 aromatic rings. The maximum Gasteiger partial charge on any atom is 0.258 e. The van der Waals surface area contributed by atoms with Gasteiger partial charge in [0.2, 0.25) is 0 Å². The van der Waals surface area contributed by atoms with Gasteiger partial charge in [-0.3, -0.25) is 9.59 Å². The third kappa shape index (κ3) is 3.87. The van der Waals surface area contributed by atoms with Gasteiger partial charge in [-0.05, 0) is 36.8 Å². The quantitative estimate of drug-likeness (QED) is 0.709. The van der Waals surface area contributed by atoms with Gasteiger partial charge in [-0.1, -0.05) is 6.07 Å². The summed E-state index contributed by atoms with van der Waals surface area (Å²) in [5.74, 6) is 0.613. The predicted octanol–water partition coefficient (Wildman–Crippen LogP) is 2.35. The number of aldehydes is 1. The molecule has 0 spiro atoms. The molecule has 2 N–H and O–H groups in total. The minimum Gasteiger partial charge on any atom is -0.400 e. The van der Waals surface area contributed by atoms with Crippen molar-refractivity contribution in [2.75, 3.05) is 19.1 Å². The molecule has 0 aliphatic rings. The molecule has 126 valence electrons. The lowest BCUT2D eigenvalue weighted by molar-refractivity contribution is 0.112. The number of aryl methyl sites for hydroxylation is 1. The second-order valence-electron chi connectivity index (χ2n) is 5.15. The molecule has 0 aliphatic carbocycles. The first-order chi connectivity index (χ1) is 11.6. The number of carbonyl (C=O) groups is 1.